The highest BCUT2D eigenvalue weighted by molar-refractivity contribution is 9.10. The Kier molecular flexibility index (Phi) is 5.25. The predicted octanol–water partition coefficient (Wildman–Crippen LogP) is 3.59. The Bertz CT molecular complexity index is 643. The Hall–Kier alpha value is -1.38. The van der Waals surface area contributed by atoms with Crippen molar-refractivity contribution in [1.82, 2.24) is 10.3 Å². The molecule has 2 aromatic rings. The summed E-state index contributed by atoms with van der Waals surface area (Å²) in [6.45, 7) is 1.36. The molecule has 1 aromatic heterocycles. The molecule has 1 aromatic carbocycles. The van der Waals surface area contributed by atoms with Gasteiger partial charge in [-0.1, -0.05) is 22.0 Å². The number of aryl methyl sites for hydroxylation is 1. The van der Waals surface area contributed by atoms with Crippen LogP contribution in [-0.4, -0.2) is 16.7 Å². The summed E-state index contributed by atoms with van der Waals surface area (Å²) >= 11 is 3.03. The van der Waals surface area contributed by atoms with Crippen LogP contribution in [0.4, 0.5) is 13.2 Å². The highest BCUT2D eigenvalue weighted by Gasteiger charge is 2.35. The zero-order valence-corrected chi connectivity index (χ0v) is 13.2. The van der Waals surface area contributed by atoms with Crippen LogP contribution in [0.15, 0.2) is 33.3 Å². The van der Waals surface area contributed by atoms with Crippen molar-refractivity contribution in [3.05, 3.63) is 51.6 Å². The van der Waals surface area contributed by atoms with Gasteiger partial charge in [0.25, 0.3) is 0 Å². The third-order valence-corrected chi connectivity index (χ3v) is 3.56. The van der Waals surface area contributed by atoms with E-state index in [9.17, 15) is 18.3 Å². The number of hydrogen-bond donors (Lipinski definition) is 2. The van der Waals surface area contributed by atoms with Gasteiger partial charge in [-0.15, -0.1) is 0 Å². The lowest BCUT2D eigenvalue weighted by Crippen LogP contribution is -2.26. The zero-order valence-electron chi connectivity index (χ0n) is 11.6. The van der Waals surface area contributed by atoms with Crippen molar-refractivity contribution in [2.24, 2.45) is 0 Å². The number of hydrogen-bond acceptors (Lipinski definition) is 4. The Labute approximate surface area is 133 Å². The molecule has 0 saturated heterocycles. The molecule has 1 heterocycles. The Morgan fingerprint density at radius 3 is 2.68 bits per heavy atom. The SMILES string of the molecule is Cc1ncc(CNC(CO)c2ccc(Br)cc2C(F)(F)F)o1. The van der Waals surface area contributed by atoms with E-state index in [4.69, 9.17) is 4.42 Å². The molecular formula is C14H14BrF3N2O2. The van der Waals surface area contributed by atoms with Gasteiger partial charge < -0.3 is 14.8 Å². The first-order chi connectivity index (χ1) is 10.3. The lowest BCUT2D eigenvalue weighted by molar-refractivity contribution is -0.138. The van der Waals surface area contributed by atoms with Gasteiger partial charge in [-0.3, -0.25) is 0 Å². The number of benzene rings is 1. The normalized spacial score (nSPS) is 13.4. The third-order valence-electron chi connectivity index (χ3n) is 3.07. The summed E-state index contributed by atoms with van der Waals surface area (Å²) in [5.41, 5.74) is -0.809. The van der Waals surface area contributed by atoms with Crippen LogP contribution in [0, 0.1) is 6.92 Å². The first kappa shape index (κ1) is 17.0. The third kappa shape index (κ3) is 4.08. The van der Waals surface area contributed by atoms with Crippen molar-refractivity contribution >= 4 is 15.9 Å². The number of oxazole rings is 1. The van der Waals surface area contributed by atoms with E-state index in [-0.39, 0.29) is 12.1 Å². The quantitative estimate of drug-likeness (QED) is 0.834. The van der Waals surface area contributed by atoms with Gasteiger partial charge in [0, 0.05) is 11.4 Å². The van der Waals surface area contributed by atoms with Crippen LogP contribution in [0.1, 0.15) is 28.8 Å². The van der Waals surface area contributed by atoms with Gasteiger partial charge in [-0.25, -0.2) is 4.98 Å². The largest absolute Gasteiger partial charge is 0.445 e. The number of aliphatic hydroxyl groups excluding tert-OH is 1. The van der Waals surface area contributed by atoms with Crippen molar-refractivity contribution in [3.8, 4) is 0 Å². The summed E-state index contributed by atoms with van der Waals surface area (Å²) in [6, 6.07) is 2.98. The monoisotopic (exact) mass is 378 g/mol. The molecule has 0 aliphatic heterocycles. The van der Waals surface area contributed by atoms with Crippen molar-refractivity contribution < 1.29 is 22.7 Å². The number of alkyl halides is 3. The number of rotatable bonds is 5. The number of aromatic nitrogens is 1. The van der Waals surface area contributed by atoms with E-state index in [1.54, 1.807) is 6.92 Å². The highest BCUT2D eigenvalue weighted by atomic mass is 79.9. The molecule has 2 rings (SSSR count). The molecule has 0 bridgehead atoms. The van der Waals surface area contributed by atoms with Crippen LogP contribution >= 0.6 is 15.9 Å². The van der Waals surface area contributed by atoms with E-state index in [1.807, 2.05) is 0 Å². The fourth-order valence-electron chi connectivity index (χ4n) is 2.06. The van der Waals surface area contributed by atoms with Crippen LogP contribution in [-0.2, 0) is 12.7 Å². The Balaban J connectivity index is 2.23. The molecule has 120 valence electrons. The van der Waals surface area contributed by atoms with Gasteiger partial charge in [0.15, 0.2) is 5.89 Å². The van der Waals surface area contributed by atoms with Gasteiger partial charge in [0.1, 0.15) is 5.76 Å². The molecule has 0 radical (unpaired) electrons. The summed E-state index contributed by atoms with van der Waals surface area (Å²) in [6.07, 6.45) is -3.01. The minimum atomic E-state index is -4.50. The molecular weight excluding hydrogens is 365 g/mol. The van der Waals surface area contributed by atoms with Crippen LogP contribution in [0.25, 0.3) is 0 Å². The molecule has 1 atom stereocenters. The van der Waals surface area contributed by atoms with Crippen LogP contribution < -0.4 is 5.32 Å². The minimum absolute atomic E-state index is 0.0190. The molecule has 0 aliphatic rings. The van der Waals surface area contributed by atoms with Gasteiger partial charge in [0.05, 0.1) is 31.0 Å². The average Bonchev–Trinajstić information content (AvgIpc) is 2.85. The maximum absolute atomic E-state index is 13.1. The first-order valence-corrected chi connectivity index (χ1v) is 7.22. The van der Waals surface area contributed by atoms with E-state index in [0.717, 1.165) is 6.07 Å². The van der Waals surface area contributed by atoms with Crippen molar-refractivity contribution in [3.63, 3.8) is 0 Å². The lowest BCUT2D eigenvalue weighted by Gasteiger charge is -2.21. The standard InChI is InChI=1S/C14H14BrF3N2O2/c1-8-19-5-10(22-8)6-20-13(7-21)11-3-2-9(15)4-12(11)14(16,17)18/h2-5,13,20-21H,6-7H2,1H3. The van der Waals surface area contributed by atoms with E-state index in [2.05, 4.69) is 26.2 Å². The molecule has 2 N–H and O–H groups in total. The van der Waals surface area contributed by atoms with E-state index in [1.165, 1.54) is 18.3 Å². The van der Waals surface area contributed by atoms with Crippen molar-refractivity contribution in [1.29, 1.82) is 0 Å². The number of nitrogens with one attached hydrogen (secondary N) is 1. The molecule has 0 aliphatic carbocycles. The van der Waals surface area contributed by atoms with Gasteiger partial charge in [-0.2, -0.15) is 13.2 Å². The highest BCUT2D eigenvalue weighted by Crippen LogP contribution is 2.36. The van der Waals surface area contributed by atoms with Gasteiger partial charge in [-0.05, 0) is 17.7 Å². The molecule has 1 unspecified atom stereocenters. The molecule has 4 nitrogen and oxygen atoms in total. The zero-order chi connectivity index (χ0) is 16.3. The van der Waals surface area contributed by atoms with E-state index >= 15 is 0 Å². The maximum Gasteiger partial charge on any atom is 0.416 e. The summed E-state index contributed by atoms with van der Waals surface area (Å²) in [5, 5.41) is 12.3. The topological polar surface area (TPSA) is 58.3 Å². The Morgan fingerprint density at radius 1 is 1.41 bits per heavy atom. The van der Waals surface area contributed by atoms with Gasteiger partial charge >= 0.3 is 6.18 Å². The smallest absolute Gasteiger partial charge is 0.416 e. The Morgan fingerprint density at radius 2 is 2.14 bits per heavy atom. The summed E-state index contributed by atoms with van der Waals surface area (Å²) < 4.78 is 45.0. The van der Waals surface area contributed by atoms with E-state index < -0.39 is 24.4 Å². The summed E-state index contributed by atoms with van der Waals surface area (Å²) in [5.74, 6) is 0.957. The van der Waals surface area contributed by atoms with Crippen LogP contribution in [0.3, 0.4) is 0 Å². The fourth-order valence-corrected chi connectivity index (χ4v) is 2.42. The number of nitrogens with zero attached hydrogens (tertiary/aromatic N) is 1. The lowest BCUT2D eigenvalue weighted by atomic mass is 10.00. The molecule has 22 heavy (non-hydrogen) atoms. The molecule has 8 heteroatoms. The summed E-state index contributed by atoms with van der Waals surface area (Å²) in [4.78, 5) is 3.91. The first-order valence-electron chi connectivity index (χ1n) is 6.43. The molecule has 0 saturated carbocycles. The fraction of sp³-hybridized carbons (Fsp3) is 0.357. The minimum Gasteiger partial charge on any atom is -0.445 e. The predicted molar refractivity (Wildman–Crippen MR) is 77.1 cm³/mol. The molecule has 0 amide bonds. The number of halogens is 4. The average molecular weight is 379 g/mol. The number of aliphatic hydroxyl groups is 1. The maximum atomic E-state index is 13.1. The second-order valence-corrected chi connectivity index (χ2v) is 5.61. The second-order valence-electron chi connectivity index (χ2n) is 4.69. The van der Waals surface area contributed by atoms with Crippen LogP contribution in [0.5, 0.6) is 0 Å². The second kappa shape index (κ2) is 6.80. The van der Waals surface area contributed by atoms with Crippen molar-refractivity contribution in [2.75, 3.05) is 6.61 Å². The molecule has 0 fully saturated rings. The van der Waals surface area contributed by atoms with Gasteiger partial charge in [0.2, 0.25) is 0 Å². The van der Waals surface area contributed by atoms with Crippen molar-refractivity contribution in [2.45, 2.75) is 25.7 Å². The summed E-state index contributed by atoms with van der Waals surface area (Å²) in [7, 11) is 0. The van der Waals surface area contributed by atoms with Crippen LogP contribution in [0.2, 0.25) is 0 Å². The van der Waals surface area contributed by atoms with E-state index in [0.29, 0.717) is 16.1 Å². The molecule has 0 spiro atoms.